The van der Waals surface area contributed by atoms with E-state index in [9.17, 15) is 4.79 Å². The van der Waals surface area contributed by atoms with E-state index in [0.29, 0.717) is 18.2 Å². The summed E-state index contributed by atoms with van der Waals surface area (Å²) < 4.78 is 5.67. The van der Waals surface area contributed by atoms with Gasteiger partial charge in [0.25, 0.3) is 5.91 Å². The lowest BCUT2D eigenvalue weighted by Crippen LogP contribution is -2.56. The number of primary amides is 1. The molecule has 2 aliphatic heterocycles. The SMILES string of the molecule is CN(c1ccc(C(N)=O)c2[nH]c(-c3ccc4c(c3)NCCO4)cc12)C1CNC1.Cl.Cl. The number of nitrogens with two attached hydrogens (primary N) is 1. The number of likely N-dealkylation sites (N-methyl/N-ethyl adjacent to an activating group) is 1. The number of aromatic amines is 1. The van der Waals surface area contributed by atoms with Crippen LogP contribution in [0.4, 0.5) is 11.4 Å². The van der Waals surface area contributed by atoms with Crippen LogP contribution >= 0.6 is 24.8 Å². The molecule has 30 heavy (non-hydrogen) atoms. The Labute approximate surface area is 187 Å². The maximum atomic E-state index is 12.0. The van der Waals surface area contributed by atoms with Gasteiger partial charge in [-0.1, -0.05) is 0 Å². The molecule has 0 saturated carbocycles. The highest BCUT2D eigenvalue weighted by Crippen LogP contribution is 2.37. The average molecular weight is 450 g/mol. The highest BCUT2D eigenvalue weighted by atomic mass is 35.5. The standard InChI is InChI=1S/C21H23N5O2.2ClH/c1-26(13-10-23-11-13)18-4-3-14(21(22)27)20-15(18)9-16(25-20)12-2-5-19-17(8-12)24-6-7-28-19;;/h2-5,8-9,13,23-25H,6-7,10-11H2,1H3,(H2,22,27);2*1H. The molecular weight excluding hydrogens is 425 g/mol. The fraction of sp³-hybridized carbons (Fsp3) is 0.286. The minimum absolute atomic E-state index is 0. The van der Waals surface area contributed by atoms with Crippen molar-refractivity contribution >= 4 is 53.0 Å². The Morgan fingerprint density at radius 1 is 1.17 bits per heavy atom. The number of anilines is 2. The molecule has 2 aliphatic rings. The third-order valence-corrected chi connectivity index (χ3v) is 5.69. The molecule has 5 rings (SSSR count). The lowest BCUT2D eigenvalue weighted by Gasteiger charge is -2.37. The number of hydrogen-bond acceptors (Lipinski definition) is 5. The third kappa shape index (κ3) is 3.64. The summed E-state index contributed by atoms with van der Waals surface area (Å²) >= 11 is 0. The summed E-state index contributed by atoms with van der Waals surface area (Å²) in [5.74, 6) is 0.431. The number of carbonyl (C=O) groups excluding carboxylic acids is 1. The van der Waals surface area contributed by atoms with Gasteiger partial charge in [0.2, 0.25) is 0 Å². The quantitative estimate of drug-likeness (QED) is 0.490. The van der Waals surface area contributed by atoms with Crippen LogP contribution in [-0.2, 0) is 0 Å². The summed E-state index contributed by atoms with van der Waals surface area (Å²) in [5.41, 5.74) is 11.0. The molecule has 1 saturated heterocycles. The van der Waals surface area contributed by atoms with Crippen LogP contribution in [0.3, 0.4) is 0 Å². The normalized spacial score (nSPS) is 15.0. The maximum absolute atomic E-state index is 12.0. The zero-order valence-electron chi connectivity index (χ0n) is 16.5. The molecule has 3 aromatic rings. The van der Waals surface area contributed by atoms with Gasteiger partial charge in [-0.05, 0) is 36.4 Å². The van der Waals surface area contributed by atoms with E-state index in [0.717, 1.165) is 58.9 Å². The predicted molar refractivity (Wildman–Crippen MR) is 126 cm³/mol. The van der Waals surface area contributed by atoms with Crippen LogP contribution < -0.4 is 26.0 Å². The lowest BCUT2D eigenvalue weighted by molar-refractivity contribution is 0.100. The fourth-order valence-electron chi connectivity index (χ4n) is 3.93. The number of benzene rings is 2. The van der Waals surface area contributed by atoms with Crippen LogP contribution in [0.25, 0.3) is 22.2 Å². The molecule has 0 spiro atoms. The van der Waals surface area contributed by atoms with Gasteiger partial charge in [0, 0.05) is 49.0 Å². The van der Waals surface area contributed by atoms with E-state index in [2.05, 4.69) is 39.7 Å². The first-order valence-electron chi connectivity index (χ1n) is 9.52. The number of nitrogens with zero attached hydrogens (tertiary/aromatic N) is 1. The number of aromatic nitrogens is 1. The Morgan fingerprint density at radius 3 is 2.67 bits per heavy atom. The number of ether oxygens (including phenoxy) is 1. The van der Waals surface area contributed by atoms with Crippen molar-refractivity contribution in [3.05, 3.63) is 42.0 Å². The number of halogens is 2. The highest BCUT2D eigenvalue weighted by molar-refractivity contribution is 6.10. The van der Waals surface area contributed by atoms with Crippen LogP contribution in [0.1, 0.15) is 10.4 Å². The van der Waals surface area contributed by atoms with Gasteiger partial charge in [0.05, 0.1) is 22.8 Å². The van der Waals surface area contributed by atoms with Gasteiger partial charge in [-0.25, -0.2) is 0 Å². The van der Waals surface area contributed by atoms with Crippen LogP contribution in [-0.4, -0.2) is 50.2 Å². The Bertz CT molecular complexity index is 1080. The summed E-state index contributed by atoms with van der Waals surface area (Å²) in [6.45, 7) is 3.39. The predicted octanol–water partition coefficient (Wildman–Crippen LogP) is 2.99. The van der Waals surface area contributed by atoms with E-state index in [1.807, 2.05) is 24.3 Å². The lowest BCUT2D eigenvalue weighted by atomic mass is 10.0. The first-order valence-corrected chi connectivity index (χ1v) is 9.52. The molecule has 2 aromatic carbocycles. The molecule has 0 bridgehead atoms. The average Bonchev–Trinajstić information content (AvgIpc) is 3.10. The molecule has 0 atom stereocenters. The van der Waals surface area contributed by atoms with Crippen LogP contribution in [0.5, 0.6) is 5.75 Å². The number of nitrogens with one attached hydrogen (secondary N) is 3. The zero-order chi connectivity index (χ0) is 19.3. The molecule has 1 amide bonds. The van der Waals surface area contributed by atoms with E-state index in [-0.39, 0.29) is 24.8 Å². The molecule has 5 N–H and O–H groups in total. The number of fused-ring (bicyclic) bond motifs is 2. The van der Waals surface area contributed by atoms with Gasteiger partial charge in [-0.3, -0.25) is 4.79 Å². The summed E-state index contributed by atoms with van der Waals surface area (Å²) in [6, 6.07) is 12.4. The van der Waals surface area contributed by atoms with Gasteiger partial charge in [-0.15, -0.1) is 24.8 Å². The Morgan fingerprint density at radius 2 is 1.97 bits per heavy atom. The van der Waals surface area contributed by atoms with Gasteiger partial charge >= 0.3 is 0 Å². The molecule has 0 aliphatic carbocycles. The highest BCUT2D eigenvalue weighted by Gasteiger charge is 2.25. The van der Waals surface area contributed by atoms with E-state index in [1.54, 1.807) is 0 Å². The molecule has 3 heterocycles. The van der Waals surface area contributed by atoms with Crippen LogP contribution in [0.15, 0.2) is 36.4 Å². The van der Waals surface area contributed by atoms with E-state index >= 15 is 0 Å². The van der Waals surface area contributed by atoms with Crippen molar-refractivity contribution in [2.24, 2.45) is 5.73 Å². The molecule has 1 aromatic heterocycles. The Hall–Kier alpha value is -2.61. The monoisotopic (exact) mass is 449 g/mol. The molecule has 0 radical (unpaired) electrons. The second-order valence-electron chi connectivity index (χ2n) is 7.38. The fourth-order valence-corrected chi connectivity index (χ4v) is 3.93. The zero-order valence-corrected chi connectivity index (χ0v) is 18.2. The molecular formula is C21H25Cl2N5O2. The van der Waals surface area contributed by atoms with Gasteiger partial charge in [0.15, 0.2) is 0 Å². The second kappa shape index (κ2) is 8.63. The van der Waals surface area contributed by atoms with Crippen molar-refractivity contribution < 1.29 is 9.53 Å². The third-order valence-electron chi connectivity index (χ3n) is 5.69. The molecule has 9 heteroatoms. The minimum atomic E-state index is -0.432. The van der Waals surface area contributed by atoms with E-state index in [4.69, 9.17) is 10.5 Å². The van der Waals surface area contributed by atoms with Crippen molar-refractivity contribution in [3.8, 4) is 17.0 Å². The second-order valence-corrected chi connectivity index (χ2v) is 7.38. The van der Waals surface area contributed by atoms with Crippen molar-refractivity contribution in [2.45, 2.75) is 6.04 Å². The summed E-state index contributed by atoms with van der Waals surface area (Å²) in [5, 5.41) is 7.68. The Balaban J connectivity index is 0.00000128. The van der Waals surface area contributed by atoms with Crippen molar-refractivity contribution in [3.63, 3.8) is 0 Å². The van der Waals surface area contributed by atoms with Crippen LogP contribution in [0.2, 0.25) is 0 Å². The Kier molecular flexibility index (Phi) is 6.36. The van der Waals surface area contributed by atoms with Crippen molar-refractivity contribution in [2.75, 3.05) is 43.5 Å². The van der Waals surface area contributed by atoms with Crippen molar-refractivity contribution in [1.29, 1.82) is 0 Å². The van der Waals surface area contributed by atoms with Crippen molar-refractivity contribution in [1.82, 2.24) is 10.3 Å². The summed E-state index contributed by atoms with van der Waals surface area (Å²) in [6.07, 6.45) is 0. The van der Waals surface area contributed by atoms with Gasteiger partial charge < -0.3 is 31.0 Å². The first kappa shape index (κ1) is 22.1. The topological polar surface area (TPSA) is 95.4 Å². The summed E-state index contributed by atoms with van der Waals surface area (Å²) in [7, 11) is 2.09. The molecule has 7 nitrogen and oxygen atoms in total. The number of rotatable bonds is 4. The van der Waals surface area contributed by atoms with E-state index in [1.165, 1.54) is 0 Å². The number of hydrogen-bond donors (Lipinski definition) is 4. The van der Waals surface area contributed by atoms with Crippen LogP contribution in [0, 0.1) is 0 Å². The molecule has 0 unspecified atom stereocenters. The smallest absolute Gasteiger partial charge is 0.250 e. The molecule has 1 fully saturated rings. The largest absolute Gasteiger partial charge is 0.490 e. The first-order chi connectivity index (χ1) is 13.6. The summed E-state index contributed by atoms with van der Waals surface area (Å²) in [4.78, 5) is 17.7. The number of H-pyrrole nitrogens is 1. The number of carbonyl (C=O) groups is 1. The number of amides is 1. The minimum Gasteiger partial charge on any atom is -0.490 e. The maximum Gasteiger partial charge on any atom is 0.250 e. The van der Waals surface area contributed by atoms with Gasteiger partial charge in [0.1, 0.15) is 12.4 Å². The molecule has 160 valence electrons. The van der Waals surface area contributed by atoms with E-state index < -0.39 is 5.91 Å². The van der Waals surface area contributed by atoms with Gasteiger partial charge in [-0.2, -0.15) is 0 Å².